The minimum absolute atomic E-state index is 0.502. The second-order valence-corrected chi connectivity index (χ2v) is 6.10. The number of hydrogen-bond acceptors (Lipinski definition) is 3. The minimum atomic E-state index is 0.502. The van der Waals surface area contributed by atoms with Gasteiger partial charge in [-0.3, -0.25) is 0 Å². The Bertz CT molecular complexity index is 573. The molecule has 0 aliphatic carbocycles. The van der Waals surface area contributed by atoms with Crippen molar-refractivity contribution in [3.8, 4) is 0 Å². The third-order valence-corrected chi connectivity index (χ3v) is 4.68. The Morgan fingerprint density at radius 2 is 2.10 bits per heavy atom. The van der Waals surface area contributed by atoms with E-state index in [0.717, 1.165) is 34.5 Å². The van der Waals surface area contributed by atoms with Crippen molar-refractivity contribution in [3.05, 3.63) is 35.9 Å². The largest absolute Gasteiger partial charge is 0.356 e. The first-order chi connectivity index (χ1) is 9.71. The highest BCUT2D eigenvalue weighted by Crippen LogP contribution is 2.25. The van der Waals surface area contributed by atoms with Gasteiger partial charge < -0.3 is 4.90 Å². The van der Waals surface area contributed by atoms with Crippen molar-refractivity contribution >= 4 is 40.1 Å². The van der Waals surface area contributed by atoms with Crippen LogP contribution in [0.4, 0.5) is 5.82 Å². The lowest BCUT2D eigenvalue weighted by Gasteiger charge is -2.28. The molecular weight excluding hydrogens is 288 g/mol. The van der Waals surface area contributed by atoms with Crippen molar-refractivity contribution in [2.45, 2.75) is 25.3 Å². The van der Waals surface area contributed by atoms with E-state index < -0.39 is 0 Å². The van der Waals surface area contributed by atoms with Crippen LogP contribution in [0.1, 0.15) is 18.9 Å². The molecule has 0 N–H and O–H groups in total. The standard InChI is InChI=1S/C16H21ClN2S/c1-4-13(11-20-3)19(2)16-9-12(10-17)14-7-5-6-8-15(14)18-16/h5-9,13H,4,10-11H2,1-3H3. The third kappa shape index (κ3) is 3.21. The Kier molecular flexibility index (Phi) is 5.55. The van der Waals surface area contributed by atoms with Gasteiger partial charge in [-0.25, -0.2) is 4.98 Å². The molecule has 1 aromatic carbocycles. The summed E-state index contributed by atoms with van der Waals surface area (Å²) in [6.07, 6.45) is 3.26. The Labute approximate surface area is 130 Å². The summed E-state index contributed by atoms with van der Waals surface area (Å²) in [5, 5.41) is 1.15. The van der Waals surface area contributed by atoms with Crippen LogP contribution in [0, 0.1) is 0 Å². The fourth-order valence-corrected chi connectivity index (χ4v) is 3.47. The number of anilines is 1. The normalized spacial score (nSPS) is 12.6. The number of aromatic nitrogens is 1. The van der Waals surface area contributed by atoms with E-state index in [9.17, 15) is 0 Å². The van der Waals surface area contributed by atoms with Crippen LogP contribution >= 0.6 is 23.4 Å². The average molecular weight is 309 g/mol. The molecule has 2 nitrogen and oxygen atoms in total. The van der Waals surface area contributed by atoms with Gasteiger partial charge in [0.1, 0.15) is 5.82 Å². The number of benzene rings is 1. The van der Waals surface area contributed by atoms with Gasteiger partial charge in [0.15, 0.2) is 0 Å². The van der Waals surface area contributed by atoms with Crippen LogP contribution in [0.5, 0.6) is 0 Å². The maximum Gasteiger partial charge on any atom is 0.129 e. The Hall–Kier alpha value is -0.930. The van der Waals surface area contributed by atoms with Crippen molar-refractivity contribution in [3.63, 3.8) is 0 Å². The highest BCUT2D eigenvalue weighted by Gasteiger charge is 2.15. The number of para-hydroxylation sites is 1. The maximum absolute atomic E-state index is 6.11. The summed E-state index contributed by atoms with van der Waals surface area (Å²) in [5.41, 5.74) is 2.17. The summed E-state index contributed by atoms with van der Waals surface area (Å²) in [7, 11) is 2.12. The van der Waals surface area contributed by atoms with E-state index in [1.807, 2.05) is 23.9 Å². The topological polar surface area (TPSA) is 16.1 Å². The fourth-order valence-electron chi connectivity index (χ4n) is 2.41. The molecule has 2 rings (SSSR count). The van der Waals surface area contributed by atoms with E-state index in [-0.39, 0.29) is 0 Å². The third-order valence-electron chi connectivity index (χ3n) is 3.67. The van der Waals surface area contributed by atoms with Crippen molar-refractivity contribution in [2.75, 3.05) is 24.0 Å². The van der Waals surface area contributed by atoms with Gasteiger partial charge in [-0.2, -0.15) is 11.8 Å². The van der Waals surface area contributed by atoms with Crippen LogP contribution in [0.2, 0.25) is 0 Å². The number of hydrogen-bond donors (Lipinski definition) is 0. The number of alkyl halides is 1. The van der Waals surface area contributed by atoms with Crippen LogP contribution in [0.3, 0.4) is 0 Å². The van der Waals surface area contributed by atoms with Crippen molar-refractivity contribution in [2.24, 2.45) is 0 Å². The Balaban J connectivity index is 2.43. The molecule has 0 aliphatic heterocycles. The number of fused-ring (bicyclic) bond motifs is 1. The smallest absolute Gasteiger partial charge is 0.129 e. The molecule has 0 amide bonds. The van der Waals surface area contributed by atoms with Gasteiger partial charge in [0, 0.05) is 30.1 Å². The van der Waals surface area contributed by atoms with Gasteiger partial charge in [-0.05, 0) is 30.4 Å². The summed E-state index contributed by atoms with van der Waals surface area (Å²) in [6.45, 7) is 2.22. The van der Waals surface area contributed by atoms with E-state index in [0.29, 0.717) is 11.9 Å². The highest BCUT2D eigenvalue weighted by molar-refractivity contribution is 7.98. The molecule has 2 aromatic rings. The van der Waals surface area contributed by atoms with E-state index in [1.165, 1.54) is 0 Å². The first kappa shape index (κ1) is 15.5. The maximum atomic E-state index is 6.11. The molecule has 1 atom stereocenters. The molecule has 20 heavy (non-hydrogen) atoms. The summed E-state index contributed by atoms with van der Waals surface area (Å²) in [6, 6.07) is 10.8. The second kappa shape index (κ2) is 7.19. The molecule has 0 bridgehead atoms. The Morgan fingerprint density at radius 3 is 2.75 bits per heavy atom. The van der Waals surface area contributed by atoms with E-state index in [2.05, 4.69) is 43.3 Å². The SMILES string of the molecule is CCC(CSC)N(C)c1cc(CCl)c2ccccc2n1. The monoisotopic (exact) mass is 308 g/mol. The van der Waals surface area contributed by atoms with Crippen LogP contribution in [0.15, 0.2) is 30.3 Å². The minimum Gasteiger partial charge on any atom is -0.356 e. The molecule has 0 spiro atoms. The fraction of sp³-hybridized carbons (Fsp3) is 0.438. The number of nitrogens with zero attached hydrogens (tertiary/aromatic N) is 2. The lowest BCUT2D eigenvalue weighted by atomic mass is 10.1. The molecule has 0 saturated carbocycles. The first-order valence-corrected chi connectivity index (χ1v) is 8.80. The zero-order chi connectivity index (χ0) is 14.5. The number of halogens is 1. The predicted octanol–water partition coefficient (Wildman–Crippen LogP) is 4.55. The van der Waals surface area contributed by atoms with Gasteiger partial charge in [-0.15, -0.1) is 11.6 Å². The second-order valence-electron chi connectivity index (χ2n) is 4.92. The lowest BCUT2D eigenvalue weighted by molar-refractivity contribution is 0.667. The van der Waals surface area contributed by atoms with Crippen molar-refractivity contribution in [1.29, 1.82) is 0 Å². The van der Waals surface area contributed by atoms with Gasteiger partial charge >= 0.3 is 0 Å². The molecule has 1 heterocycles. The average Bonchev–Trinajstić information content (AvgIpc) is 2.50. The number of pyridine rings is 1. The summed E-state index contributed by atoms with van der Waals surface area (Å²) in [4.78, 5) is 7.07. The number of thioether (sulfide) groups is 1. The molecule has 0 saturated heterocycles. The van der Waals surface area contributed by atoms with Gasteiger partial charge in [0.25, 0.3) is 0 Å². The lowest BCUT2D eigenvalue weighted by Crippen LogP contribution is -2.33. The quantitative estimate of drug-likeness (QED) is 0.728. The Morgan fingerprint density at radius 1 is 1.35 bits per heavy atom. The first-order valence-electron chi connectivity index (χ1n) is 6.87. The molecule has 1 unspecified atom stereocenters. The summed E-state index contributed by atoms with van der Waals surface area (Å²) >= 11 is 7.98. The molecule has 0 aliphatic rings. The van der Waals surface area contributed by atoms with E-state index >= 15 is 0 Å². The van der Waals surface area contributed by atoms with E-state index in [1.54, 1.807) is 0 Å². The van der Waals surface area contributed by atoms with Crippen LogP contribution < -0.4 is 4.90 Å². The van der Waals surface area contributed by atoms with Crippen LogP contribution in [0.25, 0.3) is 10.9 Å². The zero-order valence-corrected chi connectivity index (χ0v) is 13.8. The van der Waals surface area contributed by atoms with Crippen LogP contribution in [-0.4, -0.2) is 30.1 Å². The molecule has 1 aromatic heterocycles. The number of rotatable bonds is 6. The van der Waals surface area contributed by atoms with E-state index in [4.69, 9.17) is 16.6 Å². The highest BCUT2D eigenvalue weighted by atomic mass is 35.5. The van der Waals surface area contributed by atoms with Gasteiger partial charge in [0.2, 0.25) is 0 Å². The summed E-state index contributed by atoms with van der Waals surface area (Å²) < 4.78 is 0. The predicted molar refractivity (Wildman–Crippen MR) is 92.2 cm³/mol. The summed E-state index contributed by atoms with van der Waals surface area (Å²) in [5.74, 6) is 2.64. The molecule has 0 radical (unpaired) electrons. The molecule has 4 heteroatoms. The molecular formula is C16H21ClN2S. The molecule has 0 fully saturated rings. The van der Waals surface area contributed by atoms with Crippen molar-refractivity contribution in [1.82, 2.24) is 4.98 Å². The molecule has 108 valence electrons. The zero-order valence-electron chi connectivity index (χ0n) is 12.3. The van der Waals surface area contributed by atoms with Gasteiger partial charge in [-0.1, -0.05) is 25.1 Å². The van der Waals surface area contributed by atoms with Crippen LogP contribution in [-0.2, 0) is 5.88 Å². The van der Waals surface area contributed by atoms with Gasteiger partial charge in [0.05, 0.1) is 5.52 Å². The van der Waals surface area contributed by atoms with Crippen molar-refractivity contribution < 1.29 is 0 Å².